The van der Waals surface area contributed by atoms with Crippen LogP contribution in [0, 0.1) is 0 Å². The van der Waals surface area contributed by atoms with Crippen molar-refractivity contribution in [1.29, 1.82) is 0 Å². The molecule has 9 heteroatoms. The number of nitrogens with one attached hydrogen (secondary N) is 2. The van der Waals surface area contributed by atoms with Crippen LogP contribution in [0.3, 0.4) is 0 Å². The molecule has 33 heavy (non-hydrogen) atoms. The molecule has 3 aromatic carbocycles. The van der Waals surface area contributed by atoms with Gasteiger partial charge in [0.1, 0.15) is 11.5 Å². The number of hydrogen-bond acceptors (Lipinski definition) is 7. The van der Waals surface area contributed by atoms with E-state index < -0.39 is 9.84 Å². The van der Waals surface area contributed by atoms with Crippen LogP contribution in [-0.2, 0) is 14.6 Å². The van der Waals surface area contributed by atoms with Crippen molar-refractivity contribution in [3.8, 4) is 17.2 Å². The molecule has 174 valence electrons. The molecule has 3 aromatic rings. The Labute approximate surface area is 193 Å². The number of sulfone groups is 1. The molecule has 0 atom stereocenters. The van der Waals surface area contributed by atoms with E-state index >= 15 is 0 Å². The number of carbonyl (C=O) groups excluding carboxylic acids is 1. The maximum atomic E-state index is 13.3. The summed E-state index contributed by atoms with van der Waals surface area (Å²) in [4.78, 5) is 12.5. The van der Waals surface area contributed by atoms with Crippen LogP contribution in [-0.4, -0.2) is 41.7 Å². The summed E-state index contributed by atoms with van der Waals surface area (Å²) in [5.41, 5.74) is 0.876. The van der Waals surface area contributed by atoms with Crippen molar-refractivity contribution < 1.29 is 27.4 Å². The fourth-order valence-electron chi connectivity index (χ4n) is 3.24. The van der Waals surface area contributed by atoms with Gasteiger partial charge in [0.15, 0.2) is 10.6 Å². The minimum absolute atomic E-state index is 0.0562. The lowest BCUT2D eigenvalue weighted by molar-refractivity contribution is -0.114. The van der Waals surface area contributed by atoms with Gasteiger partial charge in [-0.15, -0.1) is 0 Å². The molecule has 0 heterocycles. The molecule has 0 aliphatic heterocycles. The van der Waals surface area contributed by atoms with Crippen LogP contribution in [0.5, 0.6) is 17.2 Å². The number of carbonyl (C=O) groups is 1. The Bertz CT molecular complexity index is 1210. The van der Waals surface area contributed by atoms with Crippen LogP contribution in [0.15, 0.2) is 76.5 Å². The Morgan fingerprint density at radius 3 is 2.21 bits per heavy atom. The smallest absolute Gasteiger partial charge is 0.243 e. The van der Waals surface area contributed by atoms with Gasteiger partial charge in [0.25, 0.3) is 0 Å². The average molecular weight is 471 g/mol. The maximum absolute atomic E-state index is 13.3. The van der Waals surface area contributed by atoms with Crippen LogP contribution in [0.25, 0.3) is 0 Å². The highest BCUT2D eigenvalue weighted by molar-refractivity contribution is 7.91. The zero-order chi connectivity index (χ0) is 23.8. The highest BCUT2D eigenvalue weighted by Gasteiger charge is 2.29. The number of benzene rings is 3. The fourth-order valence-corrected chi connectivity index (χ4v) is 4.85. The Morgan fingerprint density at radius 1 is 0.848 bits per heavy atom. The van der Waals surface area contributed by atoms with Crippen LogP contribution >= 0.6 is 0 Å². The van der Waals surface area contributed by atoms with E-state index in [1.807, 2.05) is 13.0 Å². The molecule has 0 spiro atoms. The summed E-state index contributed by atoms with van der Waals surface area (Å²) >= 11 is 0. The van der Waals surface area contributed by atoms with Crippen LogP contribution in [0.1, 0.15) is 6.92 Å². The Morgan fingerprint density at radius 2 is 1.55 bits per heavy atom. The van der Waals surface area contributed by atoms with Gasteiger partial charge in [0, 0.05) is 0 Å². The van der Waals surface area contributed by atoms with E-state index in [9.17, 15) is 13.2 Å². The SMILES string of the molecule is CCOc1ccccc1NC(=O)CNc1ccc(OC)c(S(=O)(=O)c2ccccc2)c1OC. The van der Waals surface area contributed by atoms with Crippen LogP contribution < -0.4 is 24.8 Å². The summed E-state index contributed by atoms with van der Waals surface area (Å²) in [6, 6.07) is 18.2. The van der Waals surface area contributed by atoms with E-state index in [4.69, 9.17) is 14.2 Å². The lowest BCUT2D eigenvalue weighted by Gasteiger charge is -2.18. The van der Waals surface area contributed by atoms with Gasteiger partial charge in [-0.05, 0) is 43.3 Å². The van der Waals surface area contributed by atoms with Crippen molar-refractivity contribution in [2.75, 3.05) is 38.0 Å². The van der Waals surface area contributed by atoms with E-state index in [0.717, 1.165) is 0 Å². The number of rotatable bonds is 10. The number of methoxy groups -OCH3 is 2. The summed E-state index contributed by atoms with van der Waals surface area (Å²) in [7, 11) is -1.21. The molecule has 0 saturated carbocycles. The zero-order valence-corrected chi connectivity index (χ0v) is 19.4. The molecule has 0 radical (unpaired) electrons. The number of anilines is 2. The predicted molar refractivity (Wildman–Crippen MR) is 126 cm³/mol. The quantitative estimate of drug-likeness (QED) is 0.462. The van der Waals surface area contributed by atoms with Crippen LogP contribution in [0.2, 0.25) is 0 Å². The third-order valence-corrected chi connectivity index (χ3v) is 6.54. The topological polar surface area (TPSA) is 103 Å². The third kappa shape index (κ3) is 5.38. The number of ether oxygens (including phenoxy) is 3. The van der Waals surface area contributed by atoms with Gasteiger partial charge < -0.3 is 24.8 Å². The highest BCUT2D eigenvalue weighted by atomic mass is 32.2. The molecule has 0 fully saturated rings. The molecule has 0 saturated heterocycles. The molecule has 0 bridgehead atoms. The summed E-state index contributed by atoms with van der Waals surface area (Å²) in [5.74, 6) is 0.413. The van der Waals surface area contributed by atoms with E-state index in [1.54, 1.807) is 42.5 Å². The number of hydrogen-bond donors (Lipinski definition) is 2. The van der Waals surface area contributed by atoms with E-state index in [1.165, 1.54) is 32.4 Å². The molecule has 3 rings (SSSR count). The van der Waals surface area contributed by atoms with Gasteiger partial charge in [0.2, 0.25) is 15.7 Å². The third-order valence-electron chi connectivity index (χ3n) is 4.72. The largest absolute Gasteiger partial charge is 0.495 e. The molecular formula is C24H26N2O6S. The zero-order valence-electron chi connectivity index (χ0n) is 18.6. The van der Waals surface area contributed by atoms with Crippen molar-refractivity contribution in [3.05, 3.63) is 66.7 Å². The second kappa shape index (κ2) is 10.7. The Kier molecular flexibility index (Phi) is 7.78. The maximum Gasteiger partial charge on any atom is 0.243 e. The predicted octanol–water partition coefficient (Wildman–Crippen LogP) is 3.99. The minimum atomic E-state index is -3.95. The van der Waals surface area contributed by atoms with Gasteiger partial charge in [-0.2, -0.15) is 0 Å². The van der Waals surface area contributed by atoms with Gasteiger partial charge >= 0.3 is 0 Å². The first-order valence-electron chi connectivity index (χ1n) is 10.2. The molecule has 2 N–H and O–H groups in total. The first-order valence-corrected chi connectivity index (χ1v) is 11.7. The second-order valence-electron chi connectivity index (χ2n) is 6.83. The molecule has 1 amide bonds. The summed E-state index contributed by atoms with van der Waals surface area (Å²) in [6.45, 7) is 2.19. The molecule has 0 aliphatic carbocycles. The Balaban J connectivity index is 1.88. The van der Waals surface area contributed by atoms with E-state index in [2.05, 4.69) is 10.6 Å². The van der Waals surface area contributed by atoms with Crippen molar-refractivity contribution in [2.45, 2.75) is 16.7 Å². The highest BCUT2D eigenvalue weighted by Crippen LogP contribution is 2.42. The molecule has 0 aliphatic rings. The number of amides is 1. The Hall–Kier alpha value is -3.72. The van der Waals surface area contributed by atoms with Crippen LogP contribution in [0.4, 0.5) is 11.4 Å². The molecule has 8 nitrogen and oxygen atoms in total. The van der Waals surface area contributed by atoms with Crippen molar-refractivity contribution in [1.82, 2.24) is 0 Å². The second-order valence-corrected chi connectivity index (χ2v) is 8.71. The summed E-state index contributed by atoms with van der Waals surface area (Å²) < 4.78 is 43.0. The van der Waals surface area contributed by atoms with Gasteiger partial charge in [-0.3, -0.25) is 4.79 Å². The van der Waals surface area contributed by atoms with E-state index in [-0.39, 0.29) is 33.7 Å². The average Bonchev–Trinajstić information content (AvgIpc) is 2.84. The summed E-state index contributed by atoms with van der Waals surface area (Å²) in [5, 5.41) is 5.74. The van der Waals surface area contributed by atoms with Crippen molar-refractivity contribution in [2.24, 2.45) is 0 Å². The lowest BCUT2D eigenvalue weighted by atomic mass is 10.2. The fraction of sp³-hybridized carbons (Fsp3) is 0.208. The molecular weight excluding hydrogens is 444 g/mol. The molecule has 0 unspecified atom stereocenters. The van der Waals surface area contributed by atoms with Gasteiger partial charge in [-0.1, -0.05) is 30.3 Å². The normalized spacial score (nSPS) is 10.9. The van der Waals surface area contributed by atoms with Crippen molar-refractivity contribution in [3.63, 3.8) is 0 Å². The first kappa shape index (κ1) is 23.9. The van der Waals surface area contributed by atoms with Crippen molar-refractivity contribution >= 4 is 27.1 Å². The molecule has 0 aromatic heterocycles. The monoisotopic (exact) mass is 470 g/mol. The van der Waals surface area contributed by atoms with E-state index in [0.29, 0.717) is 23.7 Å². The first-order chi connectivity index (χ1) is 15.9. The summed E-state index contributed by atoms with van der Waals surface area (Å²) in [6.07, 6.45) is 0. The standard InChI is InChI=1S/C24H26N2O6S/c1-4-32-20-13-9-8-12-18(20)26-22(27)16-25-19-14-15-21(30-2)24(23(19)31-3)33(28,29)17-10-6-5-7-11-17/h5-15,25H,4,16H2,1-3H3,(H,26,27). The lowest BCUT2D eigenvalue weighted by Crippen LogP contribution is -2.22. The minimum Gasteiger partial charge on any atom is -0.495 e. The number of para-hydroxylation sites is 2. The van der Waals surface area contributed by atoms with Gasteiger partial charge in [-0.25, -0.2) is 8.42 Å². The van der Waals surface area contributed by atoms with Gasteiger partial charge in [0.05, 0.1) is 43.6 Å².